The van der Waals surface area contributed by atoms with Crippen molar-refractivity contribution in [3.63, 3.8) is 0 Å². The van der Waals surface area contributed by atoms with Gasteiger partial charge < -0.3 is 13.6 Å². The number of nitrogens with zero attached hydrogens (tertiary/aromatic N) is 1. The fraction of sp³-hybridized carbons (Fsp3) is 0.773. The van der Waals surface area contributed by atoms with Gasteiger partial charge in [-0.1, -0.05) is 41.5 Å². The monoisotopic (exact) mass is 484 g/mol. The number of aromatic amines is 1. The average Bonchev–Trinajstić information content (AvgIpc) is 2.90. The van der Waals surface area contributed by atoms with E-state index in [4.69, 9.17) is 13.6 Å². The lowest BCUT2D eigenvalue weighted by Crippen LogP contribution is -2.49. The minimum Gasteiger partial charge on any atom is -0.414 e. The molecule has 1 N–H and O–H groups in total. The number of hydrogen-bond acceptors (Lipinski definition) is 6. The fourth-order valence-electron chi connectivity index (χ4n) is 2.85. The maximum absolute atomic E-state index is 13.4. The zero-order valence-electron chi connectivity index (χ0n) is 21.4. The number of hydrogen-bond donors (Lipinski definition) is 1. The van der Waals surface area contributed by atoms with Crippen LogP contribution >= 0.6 is 0 Å². The lowest BCUT2D eigenvalue weighted by Gasteiger charge is -2.38. The van der Waals surface area contributed by atoms with Crippen molar-refractivity contribution >= 4 is 22.4 Å². The number of aromatic nitrogens is 2. The summed E-state index contributed by atoms with van der Waals surface area (Å²) in [5.41, 5.74) is -0.740. The number of carbonyl (C=O) groups is 1. The fourth-order valence-corrected chi connectivity index (χ4v) is 5.07. The van der Waals surface area contributed by atoms with Crippen molar-refractivity contribution in [2.24, 2.45) is 0 Å². The zero-order valence-corrected chi connectivity index (χ0v) is 23.4. The quantitative estimate of drug-likeness (QED) is 0.618. The van der Waals surface area contributed by atoms with Gasteiger partial charge in [-0.05, 0) is 43.2 Å². The smallest absolute Gasteiger partial charge is 0.330 e. The molecule has 1 aromatic rings. The van der Waals surface area contributed by atoms with Gasteiger partial charge in [-0.3, -0.25) is 19.1 Å². The predicted octanol–water partition coefficient (Wildman–Crippen LogP) is 3.72. The Labute approximate surface area is 192 Å². The molecule has 1 aliphatic rings. The van der Waals surface area contributed by atoms with Crippen molar-refractivity contribution in [1.29, 1.82) is 0 Å². The molecule has 0 unspecified atom stereocenters. The van der Waals surface area contributed by atoms with E-state index < -0.39 is 46.3 Å². The molecular formula is C22H40N2O6Si2. The van der Waals surface area contributed by atoms with Crippen LogP contribution in [0.3, 0.4) is 0 Å². The molecule has 0 bridgehead atoms. The lowest BCUT2D eigenvalue weighted by molar-refractivity contribution is -0.127. The third-order valence-electron chi connectivity index (χ3n) is 7.21. The second-order valence-electron chi connectivity index (χ2n) is 11.8. The molecule has 1 saturated heterocycles. The van der Waals surface area contributed by atoms with Crippen LogP contribution < -0.4 is 11.2 Å². The molecule has 0 spiro atoms. The Hall–Kier alpha value is -1.34. The third kappa shape index (κ3) is 5.41. The van der Waals surface area contributed by atoms with E-state index in [1.807, 2.05) is 0 Å². The van der Waals surface area contributed by atoms with E-state index in [0.29, 0.717) is 5.56 Å². The van der Waals surface area contributed by atoms with Crippen LogP contribution in [0, 0.1) is 6.92 Å². The van der Waals surface area contributed by atoms with Crippen molar-refractivity contribution in [3.05, 3.63) is 32.6 Å². The van der Waals surface area contributed by atoms with Gasteiger partial charge in [0.15, 0.2) is 34.7 Å². The molecule has 1 aliphatic heterocycles. The number of ketones is 1. The number of H-pyrrole nitrogens is 1. The minimum absolute atomic E-state index is 0.0158. The summed E-state index contributed by atoms with van der Waals surface area (Å²) in [5, 5.41) is -0.155. The Morgan fingerprint density at radius 2 is 1.53 bits per heavy atom. The van der Waals surface area contributed by atoms with Crippen molar-refractivity contribution in [2.75, 3.05) is 6.61 Å². The summed E-state index contributed by atoms with van der Waals surface area (Å²) in [6, 6.07) is 0. The Bertz CT molecular complexity index is 968. The van der Waals surface area contributed by atoms with E-state index in [1.54, 1.807) is 6.92 Å². The van der Waals surface area contributed by atoms with Crippen LogP contribution in [-0.2, 0) is 18.4 Å². The van der Waals surface area contributed by atoms with Gasteiger partial charge in [0.1, 0.15) is 6.10 Å². The first-order chi connectivity index (χ1) is 14.3. The molecule has 8 nitrogen and oxygen atoms in total. The van der Waals surface area contributed by atoms with Crippen LogP contribution in [0.5, 0.6) is 0 Å². The first-order valence-corrected chi connectivity index (χ1v) is 16.9. The first-order valence-electron chi connectivity index (χ1n) is 11.1. The molecule has 10 heteroatoms. The molecule has 2 rings (SSSR count). The van der Waals surface area contributed by atoms with E-state index in [2.05, 4.69) is 72.7 Å². The molecule has 0 saturated carbocycles. The SMILES string of the molecule is Cc1cn([C@@H]2O[C@H](CO[Si](C)(C)C(C)(C)C)C(=O)[C@H]2O[Si](C)(C)C(C)(C)C)c(=O)[nH]c1=O. The van der Waals surface area contributed by atoms with Crippen molar-refractivity contribution in [3.8, 4) is 0 Å². The van der Waals surface area contributed by atoms with Crippen LogP contribution in [0.25, 0.3) is 0 Å². The van der Waals surface area contributed by atoms with Crippen molar-refractivity contribution < 1.29 is 18.4 Å². The van der Waals surface area contributed by atoms with Crippen LogP contribution in [0.1, 0.15) is 53.3 Å². The Morgan fingerprint density at radius 3 is 2.03 bits per heavy atom. The molecule has 0 aliphatic carbocycles. The Kier molecular flexibility index (Phi) is 7.39. The molecular weight excluding hydrogens is 444 g/mol. The van der Waals surface area contributed by atoms with Gasteiger partial charge in [0.05, 0.1) is 6.61 Å². The molecule has 32 heavy (non-hydrogen) atoms. The summed E-state index contributed by atoms with van der Waals surface area (Å²) < 4.78 is 20.1. The summed E-state index contributed by atoms with van der Waals surface area (Å²) >= 11 is 0. The summed E-state index contributed by atoms with van der Waals surface area (Å²) in [7, 11) is -4.48. The summed E-state index contributed by atoms with van der Waals surface area (Å²) in [6.07, 6.45) is -1.33. The highest BCUT2D eigenvalue weighted by atomic mass is 28.4. The number of nitrogens with one attached hydrogen (secondary N) is 1. The zero-order chi connectivity index (χ0) is 24.9. The van der Waals surface area contributed by atoms with Crippen LogP contribution in [-0.4, -0.2) is 50.8 Å². The third-order valence-corrected chi connectivity index (χ3v) is 16.2. The number of carbonyl (C=O) groups excluding carboxylic acids is 1. The molecule has 182 valence electrons. The molecule has 1 fully saturated rings. The van der Waals surface area contributed by atoms with Gasteiger partial charge in [-0.15, -0.1) is 0 Å². The van der Waals surface area contributed by atoms with E-state index >= 15 is 0 Å². The van der Waals surface area contributed by atoms with Gasteiger partial charge in [-0.2, -0.15) is 0 Å². The highest BCUT2D eigenvalue weighted by Crippen LogP contribution is 2.41. The minimum atomic E-state index is -2.37. The Morgan fingerprint density at radius 1 is 1.00 bits per heavy atom. The standard InChI is InChI=1S/C22H40N2O6Si2/c1-14-12-24(20(27)23-18(14)26)19-17(30-32(10,11)22(5,6)7)16(25)15(29-19)13-28-31(8,9)21(2,3)4/h12,15,17,19H,13H2,1-11H3,(H,23,26,27)/t15-,17-,19-/m1/s1. The second-order valence-corrected chi connectivity index (χ2v) is 21.3. The summed E-state index contributed by atoms with van der Waals surface area (Å²) in [5.74, 6) is -0.228. The summed E-state index contributed by atoms with van der Waals surface area (Å²) in [4.78, 5) is 40.2. The van der Waals surface area contributed by atoms with E-state index in [-0.39, 0.29) is 22.5 Å². The lowest BCUT2D eigenvalue weighted by atomic mass is 10.2. The number of rotatable bonds is 6. The van der Waals surface area contributed by atoms with E-state index in [9.17, 15) is 14.4 Å². The van der Waals surface area contributed by atoms with Crippen LogP contribution in [0.2, 0.25) is 36.3 Å². The molecule has 0 aromatic carbocycles. The van der Waals surface area contributed by atoms with Gasteiger partial charge in [0, 0.05) is 11.8 Å². The molecule has 1 aromatic heterocycles. The summed E-state index contributed by atoms with van der Waals surface area (Å²) in [6.45, 7) is 22.7. The molecule has 0 amide bonds. The molecule has 3 atom stereocenters. The highest BCUT2D eigenvalue weighted by Gasteiger charge is 2.51. The normalized spacial score (nSPS) is 23.1. The van der Waals surface area contributed by atoms with Gasteiger partial charge in [-0.25, -0.2) is 4.79 Å². The second kappa shape index (κ2) is 8.79. The van der Waals surface area contributed by atoms with Gasteiger partial charge in [0.25, 0.3) is 5.56 Å². The maximum Gasteiger partial charge on any atom is 0.330 e. The van der Waals surface area contributed by atoms with Crippen molar-refractivity contribution in [1.82, 2.24) is 9.55 Å². The van der Waals surface area contributed by atoms with Crippen LogP contribution in [0.4, 0.5) is 0 Å². The van der Waals surface area contributed by atoms with Gasteiger partial charge in [0.2, 0.25) is 0 Å². The van der Waals surface area contributed by atoms with Crippen LogP contribution in [0.15, 0.2) is 15.8 Å². The van der Waals surface area contributed by atoms with Crippen molar-refractivity contribution in [2.45, 2.75) is 103 Å². The predicted molar refractivity (Wildman–Crippen MR) is 130 cm³/mol. The molecule has 2 heterocycles. The number of aryl methyl sites for hydroxylation is 1. The topological polar surface area (TPSA) is 99.6 Å². The maximum atomic E-state index is 13.4. The van der Waals surface area contributed by atoms with E-state index in [1.165, 1.54) is 10.8 Å². The van der Waals surface area contributed by atoms with E-state index in [0.717, 1.165) is 0 Å². The van der Waals surface area contributed by atoms with Gasteiger partial charge >= 0.3 is 5.69 Å². The molecule has 0 radical (unpaired) electrons. The number of Topliss-reactive ketones (excluding diaryl/α,β-unsaturated/α-hetero) is 1. The highest BCUT2D eigenvalue weighted by molar-refractivity contribution is 6.74. The number of ether oxygens (including phenoxy) is 1. The first kappa shape index (κ1) is 26.9. The largest absolute Gasteiger partial charge is 0.414 e. The Balaban J connectivity index is 2.43. The average molecular weight is 485 g/mol.